The van der Waals surface area contributed by atoms with Gasteiger partial charge in [-0.25, -0.2) is 18.2 Å². The van der Waals surface area contributed by atoms with Gasteiger partial charge in [-0.3, -0.25) is 19.1 Å². The van der Waals surface area contributed by atoms with Crippen LogP contribution in [0.25, 0.3) is 10.8 Å². The molecule has 1 saturated heterocycles. The summed E-state index contributed by atoms with van der Waals surface area (Å²) < 4.78 is 45.9. The third-order valence-corrected chi connectivity index (χ3v) is 14.3. The molecule has 5 aliphatic rings. The normalized spacial score (nSPS) is 30.6. The molecule has 0 bridgehead atoms. The second-order valence-corrected chi connectivity index (χ2v) is 20.2. The van der Waals surface area contributed by atoms with E-state index < -0.39 is 73.8 Å². The number of benzene rings is 1. The van der Waals surface area contributed by atoms with Gasteiger partial charge < -0.3 is 34.6 Å². The molecule has 1 aromatic carbocycles. The van der Waals surface area contributed by atoms with Crippen LogP contribution >= 0.6 is 0 Å². The molecule has 2 saturated carbocycles. The van der Waals surface area contributed by atoms with Crippen molar-refractivity contribution in [2.45, 2.75) is 121 Å². The van der Waals surface area contributed by atoms with Crippen molar-refractivity contribution < 1.29 is 41.8 Å². The van der Waals surface area contributed by atoms with Crippen LogP contribution in [0.3, 0.4) is 0 Å². The van der Waals surface area contributed by atoms with E-state index in [1.807, 2.05) is 44.3 Å². The summed E-state index contributed by atoms with van der Waals surface area (Å²) >= 11 is 0. The molecule has 0 spiro atoms. The van der Waals surface area contributed by atoms with Crippen LogP contribution in [0.15, 0.2) is 36.5 Å². The molecule has 4 amide bonds. The first-order valence-electron chi connectivity index (χ1n) is 20.1. The Morgan fingerprint density at radius 1 is 1.09 bits per heavy atom. The fraction of sp³-hybridized carbons (Fsp3) is 0.634. The molecular weight excluding hydrogens is 753 g/mol. The van der Waals surface area contributed by atoms with Crippen molar-refractivity contribution >= 4 is 50.3 Å². The number of sulfonamides is 1. The number of allylic oxidation sites excluding steroid dienone is 1. The summed E-state index contributed by atoms with van der Waals surface area (Å²) in [6.07, 6.45) is 7.15. The van der Waals surface area contributed by atoms with Crippen LogP contribution in [-0.2, 0) is 29.1 Å². The molecule has 7 atom stereocenters. The highest BCUT2D eigenvalue weighted by Gasteiger charge is 2.63. The van der Waals surface area contributed by atoms with E-state index in [1.165, 1.54) is 4.90 Å². The van der Waals surface area contributed by atoms with Gasteiger partial charge in [-0.1, -0.05) is 26.0 Å². The van der Waals surface area contributed by atoms with Crippen molar-refractivity contribution in [1.82, 2.24) is 25.2 Å². The van der Waals surface area contributed by atoms with Crippen molar-refractivity contribution in [1.29, 1.82) is 0 Å². The summed E-state index contributed by atoms with van der Waals surface area (Å²) in [6, 6.07) is 3.54. The second kappa shape index (κ2) is 15.0. The highest BCUT2D eigenvalue weighted by molar-refractivity contribution is 7.91. The Balaban J connectivity index is 1.23. The highest BCUT2D eigenvalue weighted by Crippen LogP contribution is 2.48. The third kappa shape index (κ3) is 8.24. The largest absolute Gasteiger partial charge is 0.489 e. The molecule has 1 aromatic heterocycles. The average molecular weight is 809 g/mol. The van der Waals surface area contributed by atoms with E-state index in [9.17, 15) is 27.6 Å². The van der Waals surface area contributed by atoms with E-state index in [0.29, 0.717) is 43.6 Å². The molecule has 15 nitrogen and oxygen atoms in total. The van der Waals surface area contributed by atoms with Gasteiger partial charge >= 0.3 is 6.09 Å². The van der Waals surface area contributed by atoms with Gasteiger partial charge in [0.15, 0.2) is 5.75 Å². The Kier molecular flexibility index (Phi) is 10.7. The zero-order chi connectivity index (χ0) is 41.1. The number of hydrogen-bond donors (Lipinski definition) is 3. The van der Waals surface area contributed by atoms with Crippen LogP contribution in [0.4, 0.5) is 10.5 Å². The first kappa shape index (κ1) is 40.6. The summed E-state index contributed by atoms with van der Waals surface area (Å²) in [5, 5.41) is 7.26. The van der Waals surface area contributed by atoms with Gasteiger partial charge in [-0.2, -0.15) is 0 Å². The third-order valence-electron chi connectivity index (χ3n) is 12.1. The molecule has 2 aromatic rings. The number of pyridine rings is 1. The number of aromatic nitrogens is 1. The molecule has 7 rings (SSSR count). The van der Waals surface area contributed by atoms with E-state index in [-0.39, 0.29) is 31.2 Å². The van der Waals surface area contributed by atoms with Gasteiger partial charge in [-0.05, 0) is 96.3 Å². The van der Waals surface area contributed by atoms with Crippen molar-refractivity contribution in [3.05, 3.63) is 36.5 Å². The van der Waals surface area contributed by atoms with E-state index in [2.05, 4.69) is 32.2 Å². The van der Waals surface area contributed by atoms with Gasteiger partial charge in [0.25, 0.3) is 5.91 Å². The van der Waals surface area contributed by atoms with Crippen molar-refractivity contribution in [2.75, 3.05) is 31.6 Å². The van der Waals surface area contributed by atoms with Gasteiger partial charge in [-0.15, -0.1) is 0 Å². The first-order valence-corrected chi connectivity index (χ1v) is 21.6. The lowest BCUT2D eigenvalue weighted by Crippen LogP contribution is -2.59. The number of carbonyl (C=O) groups is 4. The van der Waals surface area contributed by atoms with Crippen molar-refractivity contribution in [3.63, 3.8) is 0 Å². The van der Waals surface area contributed by atoms with Crippen LogP contribution < -0.4 is 29.7 Å². The second-order valence-electron chi connectivity index (χ2n) is 18.0. The smallest absolute Gasteiger partial charge is 0.408 e. The van der Waals surface area contributed by atoms with Gasteiger partial charge in [0.2, 0.25) is 27.7 Å². The fourth-order valence-electron chi connectivity index (χ4n) is 8.33. The predicted molar refractivity (Wildman–Crippen MR) is 213 cm³/mol. The van der Waals surface area contributed by atoms with Crippen LogP contribution in [0.1, 0.15) is 86.5 Å². The maximum absolute atomic E-state index is 14.9. The number of hydrogen-bond acceptors (Lipinski definition) is 11. The Hall–Kier alpha value is -4.60. The van der Waals surface area contributed by atoms with Crippen LogP contribution in [0.2, 0.25) is 0 Å². The average Bonchev–Trinajstić information content (AvgIpc) is 4.01. The summed E-state index contributed by atoms with van der Waals surface area (Å²) in [5.74, 6) is -1.54. The zero-order valence-corrected chi connectivity index (χ0v) is 34.7. The van der Waals surface area contributed by atoms with Gasteiger partial charge in [0.05, 0.1) is 23.5 Å². The van der Waals surface area contributed by atoms with E-state index >= 15 is 0 Å². The number of anilines is 1. The van der Waals surface area contributed by atoms with Crippen LogP contribution in [0.5, 0.6) is 11.6 Å². The SMILES string of the molecule is C[C@@H]1CC/C=C\[C@@H]2C[C@@]2(C(=O)NS(=O)(=O)C2(C)CC2)NC(=O)[C@@H]2C[C@@H](Oc3nccc4c5c(ccc34)N(C)CCO5)CN2C(=O)[C@@H](NC(=O)OC(C)(C)C)[C@H](C)C1. The first-order chi connectivity index (χ1) is 26.8. The standard InChI is InChI=1S/C41H56N6O9S/c1-24-10-8-9-11-26-22-41(26,37(50)45-57(52,53)40(6)15-16-40)44-34(48)31-21-27(23-47(31)36(49)32(25(2)20-24)43-38(51)56-39(3,4)5)55-35-29-12-13-30-33(28(29)14-17-42-35)54-19-18-46(30)7/h9,11-14,17,24-27,31-32H,8,10,15-16,18-23H2,1-7H3,(H,43,51)(H,44,48)(H,45,50)/b11-9-/t24-,25-,26-,27-,31+,32+,41-/m1/s1. The number of fused-ring (bicyclic) bond motifs is 5. The Bertz CT molecular complexity index is 2080. The minimum Gasteiger partial charge on any atom is -0.489 e. The molecule has 3 fully saturated rings. The highest BCUT2D eigenvalue weighted by atomic mass is 32.2. The Morgan fingerprint density at radius 3 is 2.56 bits per heavy atom. The molecule has 3 aliphatic heterocycles. The van der Waals surface area contributed by atoms with Gasteiger partial charge in [0, 0.05) is 36.4 Å². The molecule has 4 heterocycles. The molecule has 0 radical (unpaired) electrons. The number of nitrogens with one attached hydrogen (secondary N) is 3. The van der Waals surface area contributed by atoms with Crippen LogP contribution in [-0.4, -0.2) is 103 Å². The number of ether oxygens (including phenoxy) is 3. The minimum atomic E-state index is -4.00. The number of rotatable bonds is 6. The lowest BCUT2D eigenvalue weighted by molar-refractivity contribution is -0.142. The number of carbonyl (C=O) groups excluding carboxylic acids is 4. The van der Waals surface area contributed by atoms with E-state index in [0.717, 1.165) is 29.8 Å². The van der Waals surface area contributed by atoms with Crippen molar-refractivity contribution in [2.24, 2.45) is 17.8 Å². The zero-order valence-electron chi connectivity index (χ0n) is 33.9. The number of alkyl carbamates (subject to hydrolysis) is 1. The summed E-state index contributed by atoms with van der Waals surface area (Å²) in [7, 11) is -2.00. The Labute approximate surface area is 334 Å². The maximum atomic E-state index is 14.9. The molecule has 57 heavy (non-hydrogen) atoms. The number of nitrogens with zero attached hydrogens (tertiary/aromatic N) is 3. The summed E-state index contributed by atoms with van der Waals surface area (Å²) in [4.78, 5) is 64.7. The van der Waals surface area contributed by atoms with Crippen LogP contribution in [0, 0.1) is 17.8 Å². The molecule has 0 unspecified atom stereocenters. The van der Waals surface area contributed by atoms with E-state index in [4.69, 9.17) is 14.2 Å². The van der Waals surface area contributed by atoms with E-state index in [1.54, 1.807) is 33.9 Å². The number of likely N-dealkylation sites (N-methyl/N-ethyl adjacent to an activating group) is 1. The van der Waals surface area contributed by atoms with Crippen molar-refractivity contribution in [3.8, 4) is 11.6 Å². The lowest BCUT2D eigenvalue weighted by Gasteiger charge is -2.33. The summed E-state index contributed by atoms with van der Waals surface area (Å²) in [6.45, 7) is 12.0. The monoisotopic (exact) mass is 808 g/mol. The number of amides is 4. The van der Waals surface area contributed by atoms with Gasteiger partial charge in [0.1, 0.15) is 35.9 Å². The molecule has 2 aliphatic carbocycles. The Morgan fingerprint density at radius 2 is 1.84 bits per heavy atom. The topological polar surface area (TPSA) is 186 Å². The lowest BCUT2D eigenvalue weighted by atomic mass is 9.88. The molecular formula is C41H56N6O9S. The molecule has 3 N–H and O–H groups in total. The summed E-state index contributed by atoms with van der Waals surface area (Å²) in [5.41, 5.74) is -1.41. The molecule has 310 valence electrons. The quantitative estimate of drug-likeness (QED) is 0.356. The maximum Gasteiger partial charge on any atom is 0.408 e. The minimum absolute atomic E-state index is 0.0246. The molecule has 16 heteroatoms. The fourth-order valence-corrected chi connectivity index (χ4v) is 9.64. The predicted octanol–water partition coefficient (Wildman–Crippen LogP) is 4.19.